The highest BCUT2D eigenvalue weighted by Crippen LogP contribution is 2.29. The molecule has 2 aliphatic heterocycles. The van der Waals surface area contributed by atoms with Gasteiger partial charge in [0.15, 0.2) is 0 Å². The Kier molecular flexibility index (Phi) is 5.45. The van der Waals surface area contributed by atoms with Crippen molar-refractivity contribution in [1.82, 2.24) is 15.1 Å². The third kappa shape index (κ3) is 3.86. The Balaban J connectivity index is 1.78. The van der Waals surface area contributed by atoms with Gasteiger partial charge in [-0.2, -0.15) is 0 Å². The SMILES string of the molecule is CC1CCCCN1C(CN1CCNCC1)c1ccc(F)cc1. The molecule has 0 bridgehead atoms. The van der Waals surface area contributed by atoms with Gasteiger partial charge >= 0.3 is 0 Å². The van der Waals surface area contributed by atoms with Gasteiger partial charge in [-0.15, -0.1) is 0 Å². The third-order valence-electron chi connectivity index (χ3n) is 5.15. The lowest BCUT2D eigenvalue weighted by Gasteiger charge is -2.42. The van der Waals surface area contributed by atoms with Crippen LogP contribution < -0.4 is 5.32 Å². The summed E-state index contributed by atoms with van der Waals surface area (Å²) in [6, 6.07) is 8.16. The summed E-state index contributed by atoms with van der Waals surface area (Å²) in [5.74, 6) is -0.142. The summed E-state index contributed by atoms with van der Waals surface area (Å²) in [6.07, 6.45) is 3.89. The zero-order valence-corrected chi connectivity index (χ0v) is 13.6. The van der Waals surface area contributed by atoms with Gasteiger partial charge < -0.3 is 5.32 Å². The first-order chi connectivity index (χ1) is 10.7. The molecule has 0 aromatic heterocycles. The maximum atomic E-state index is 13.3. The molecule has 1 aromatic rings. The van der Waals surface area contributed by atoms with Crippen LogP contribution in [-0.2, 0) is 0 Å². The number of nitrogens with one attached hydrogen (secondary N) is 1. The molecule has 122 valence electrons. The van der Waals surface area contributed by atoms with Gasteiger partial charge in [0.2, 0.25) is 0 Å². The summed E-state index contributed by atoms with van der Waals surface area (Å²) in [7, 11) is 0. The van der Waals surface area contributed by atoms with Crippen LogP contribution in [0.3, 0.4) is 0 Å². The van der Waals surface area contributed by atoms with Crippen molar-refractivity contribution in [3.05, 3.63) is 35.6 Å². The molecule has 2 atom stereocenters. The Morgan fingerprint density at radius 2 is 1.86 bits per heavy atom. The molecule has 2 fully saturated rings. The van der Waals surface area contributed by atoms with Crippen LogP contribution in [0.5, 0.6) is 0 Å². The number of hydrogen-bond donors (Lipinski definition) is 1. The van der Waals surface area contributed by atoms with Gasteiger partial charge in [-0.25, -0.2) is 4.39 Å². The van der Waals surface area contributed by atoms with E-state index in [1.165, 1.54) is 24.8 Å². The van der Waals surface area contributed by atoms with Crippen molar-refractivity contribution in [3.63, 3.8) is 0 Å². The third-order valence-corrected chi connectivity index (χ3v) is 5.15. The van der Waals surface area contributed by atoms with Gasteiger partial charge in [0.25, 0.3) is 0 Å². The fourth-order valence-corrected chi connectivity index (χ4v) is 3.81. The van der Waals surface area contributed by atoms with E-state index < -0.39 is 0 Å². The molecule has 1 N–H and O–H groups in total. The topological polar surface area (TPSA) is 18.5 Å². The molecule has 2 aliphatic rings. The summed E-state index contributed by atoms with van der Waals surface area (Å²) in [4.78, 5) is 5.19. The number of benzene rings is 1. The fraction of sp³-hybridized carbons (Fsp3) is 0.667. The number of hydrogen-bond acceptors (Lipinski definition) is 3. The van der Waals surface area contributed by atoms with E-state index >= 15 is 0 Å². The van der Waals surface area contributed by atoms with Crippen molar-refractivity contribution < 1.29 is 4.39 Å². The van der Waals surface area contributed by atoms with Crippen molar-refractivity contribution in [1.29, 1.82) is 0 Å². The lowest BCUT2D eigenvalue weighted by Crippen LogP contribution is -2.49. The smallest absolute Gasteiger partial charge is 0.123 e. The van der Waals surface area contributed by atoms with Crippen molar-refractivity contribution >= 4 is 0 Å². The molecule has 1 aromatic carbocycles. The van der Waals surface area contributed by atoms with Crippen molar-refractivity contribution in [2.75, 3.05) is 39.3 Å². The largest absolute Gasteiger partial charge is 0.314 e. The summed E-state index contributed by atoms with van der Waals surface area (Å²) >= 11 is 0. The highest BCUT2D eigenvalue weighted by Gasteiger charge is 2.29. The van der Waals surface area contributed by atoms with Crippen LogP contribution in [-0.4, -0.2) is 55.1 Å². The van der Waals surface area contributed by atoms with Crippen LogP contribution in [0.25, 0.3) is 0 Å². The standard InChI is InChI=1S/C18H28FN3/c1-15-4-2-3-11-22(15)18(14-21-12-9-20-10-13-21)16-5-7-17(19)8-6-16/h5-8,15,18,20H,2-4,9-14H2,1H3. The Morgan fingerprint density at radius 1 is 1.14 bits per heavy atom. The molecule has 2 saturated heterocycles. The number of piperidine rings is 1. The molecular formula is C18H28FN3. The Labute approximate surface area is 133 Å². The lowest BCUT2D eigenvalue weighted by molar-refractivity contribution is 0.0722. The molecule has 0 radical (unpaired) electrons. The first kappa shape index (κ1) is 15.9. The lowest BCUT2D eigenvalue weighted by atomic mass is 9.96. The first-order valence-corrected chi connectivity index (χ1v) is 8.68. The second-order valence-corrected chi connectivity index (χ2v) is 6.70. The average molecular weight is 305 g/mol. The van der Waals surface area contributed by atoms with Gasteiger partial charge in [0, 0.05) is 44.8 Å². The average Bonchev–Trinajstić information content (AvgIpc) is 2.55. The second-order valence-electron chi connectivity index (χ2n) is 6.70. The van der Waals surface area contributed by atoms with Gasteiger partial charge in [0.1, 0.15) is 5.82 Å². The molecule has 22 heavy (non-hydrogen) atoms. The van der Waals surface area contributed by atoms with Crippen LogP contribution >= 0.6 is 0 Å². The predicted molar refractivity (Wildman–Crippen MR) is 88.5 cm³/mol. The summed E-state index contributed by atoms with van der Waals surface area (Å²) in [6.45, 7) is 8.93. The normalized spacial score (nSPS) is 26.0. The molecule has 0 amide bonds. The maximum Gasteiger partial charge on any atom is 0.123 e. The first-order valence-electron chi connectivity index (χ1n) is 8.68. The fourth-order valence-electron chi connectivity index (χ4n) is 3.81. The van der Waals surface area contributed by atoms with Crippen molar-refractivity contribution in [3.8, 4) is 0 Å². The van der Waals surface area contributed by atoms with Gasteiger partial charge in [-0.05, 0) is 44.0 Å². The minimum atomic E-state index is -0.142. The molecular weight excluding hydrogens is 277 g/mol. The Bertz CT molecular complexity index is 456. The monoisotopic (exact) mass is 305 g/mol. The summed E-state index contributed by atoms with van der Waals surface area (Å²) in [5, 5.41) is 3.42. The van der Waals surface area contributed by atoms with Crippen molar-refractivity contribution in [2.24, 2.45) is 0 Å². The molecule has 0 spiro atoms. The molecule has 4 heteroatoms. The molecule has 0 aliphatic carbocycles. The van der Waals surface area contributed by atoms with Crippen molar-refractivity contribution in [2.45, 2.75) is 38.3 Å². The number of nitrogens with zero attached hydrogens (tertiary/aromatic N) is 2. The van der Waals surface area contributed by atoms with Crippen LogP contribution in [0.15, 0.2) is 24.3 Å². The number of piperazine rings is 1. The highest BCUT2D eigenvalue weighted by atomic mass is 19.1. The number of halogens is 1. The highest BCUT2D eigenvalue weighted by molar-refractivity contribution is 5.21. The molecule has 3 rings (SSSR count). The maximum absolute atomic E-state index is 13.3. The zero-order valence-electron chi connectivity index (χ0n) is 13.6. The van der Waals surface area contributed by atoms with Crippen LogP contribution in [0, 0.1) is 5.82 Å². The van der Waals surface area contributed by atoms with Gasteiger partial charge in [0.05, 0.1) is 0 Å². The molecule has 2 heterocycles. The minimum absolute atomic E-state index is 0.142. The van der Waals surface area contributed by atoms with E-state index in [0.29, 0.717) is 12.1 Å². The van der Waals surface area contributed by atoms with E-state index in [2.05, 4.69) is 22.0 Å². The predicted octanol–water partition coefficient (Wildman–Crippen LogP) is 2.65. The number of likely N-dealkylation sites (tertiary alicyclic amines) is 1. The second kappa shape index (κ2) is 7.53. The van der Waals surface area contributed by atoms with Crippen LogP contribution in [0.1, 0.15) is 37.8 Å². The summed E-state index contributed by atoms with van der Waals surface area (Å²) in [5.41, 5.74) is 1.26. The molecule has 2 unspecified atom stereocenters. The minimum Gasteiger partial charge on any atom is -0.314 e. The molecule has 3 nitrogen and oxygen atoms in total. The van der Waals surface area contributed by atoms with E-state index in [4.69, 9.17) is 0 Å². The van der Waals surface area contributed by atoms with Crippen LogP contribution in [0.4, 0.5) is 4.39 Å². The number of rotatable bonds is 4. The van der Waals surface area contributed by atoms with E-state index in [-0.39, 0.29) is 5.82 Å². The molecule has 0 saturated carbocycles. The van der Waals surface area contributed by atoms with Gasteiger partial charge in [-0.1, -0.05) is 18.6 Å². The Hall–Kier alpha value is -0.970. The van der Waals surface area contributed by atoms with E-state index in [1.807, 2.05) is 12.1 Å². The van der Waals surface area contributed by atoms with Crippen LogP contribution in [0.2, 0.25) is 0 Å². The van der Waals surface area contributed by atoms with E-state index in [1.54, 1.807) is 12.1 Å². The van der Waals surface area contributed by atoms with E-state index in [0.717, 1.165) is 39.3 Å². The zero-order chi connectivity index (χ0) is 15.4. The summed E-state index contributed by atoms with van der Waals surface area (Å²) < 4.78 is 13.3. The van der Waals surface area contributed by atoms with Gasteiger partial charge in [-0.3, -0.25) is 9.80 Å². The quantitative estimate of drug-likeness (QED) is 0.922. The van der Waals surface area contributed by atoms with E-state index in [9.17, 15) is 4.39 Å². The Morgan fingerprint density at radius 3 is 2.55 bits per heavy atom.